The van der Waals surface area contributed by atoms with Gasteiger partial charge in [-0.05, 0) is 86.9 Å². The van der Waals surface area contributed by atoms with Crippen molar-refractivity contribution in [1.82, 2.24) is 0 Å². The van der Waals surface area contributed by atoms with Crippen LogP contribution >= 0.6 is 0 Å². The van der Waals surface area contributed by atoms with E-state index in [-0.39, 0.29) is 0 Å². The van der Waals surface area contributed by atoms with Crippen LogP contribution in [0.3, 0.4) is 0 Å². The van der Waals surface area contributed by atoms with Gasteiger partial charge in [-0.2, -0.15) is 0 Å². The van der Waals surface area contributed by atoms with Crippen LogP contribution in [-0.2, 0) is 0 Å². The summed E-state index contributed by atoms with van der Waals surface area (Å²) in [5.41, 5.74) is 0. The maximum atomic E-state index is 2.62. The molecule has 0 aliphatic heterocycles. The molecule has 0 radical (unpaired) electrons. The summed E-state index contributed by atoms with van der Waals surface area (Å²) in [5.74, 6) is 5.98. The van der Waals surface area contributed by atoms with E-state index < -0.39 is 0 Å². The molecule has 0 heteroatoms. The summed E-state index contributed by atoms with van der Waals surface area (Å²) in [7, 11) is 0. The summed E-state index contributed by atoms with van der Waals surface area (Å²) in [4.78, 5) is 0. The van der Waals surface area contributed by atoms with Crippen molar-refractivity contribution in [3.05, 3.63) is 12.2 Å². The van der Waals surface area contributed by atoms with Gasteiger partial charge in [0.05, 0.1) is 0 Å². The molecule has 3 rings (SSSR count). The number of rotatable bonds is 3. The second-order valence-corrected chi connectivity index (χ2v) is 9.10. The average Bonchev–Trinajstić information content (AvgIpc) is 2.56. The lowest BCUT2D eigenvalue weighted by Gasteiger charge is -2.36. The molecule has 0 atom stereocenters. The predicted octanol–water partition coefficient (Wildman–Crippen LogP) is 7.00. The molecule has 0 aromatic heterocycles. The molecule has 126 valence electrons. The predicted molar refractivity (Wildman–Crippen MR) is 96.8 cm³/mol. The molecule has 0 saturated heterocycles. The zero-order chi connectivity index (χ0) is 15.4. The van der Waals surface area contributed by atoms with Crippen molar-refractivity contribution >= 4 is 0 Å². The molecular weight excluding hydrogens is 264 g/mol. The molecule has 0 bridgehead atoms. The van der Waals surface area contributed by atoms with Gasteiger partial charge >= 0.3 is 0 Å². The van der Waals surface area contributed by atoms with E-state index in [0.29, 0.717) is 0 Å². The Morgan fingerprint density at radius 1 is 0.455 bits per heavy atom. The molecule has 0 nitrogen and oxygen atoms in total. The molecule has 0 unspecified atom stereocenters. The van der Waals surface area contributed by atoms with Crippen LogP contribution in [0.15, 0.2) is 12.2 Å². The van der Waals surface area contributed by atoms with E-state index in [1.165, 1.54) is 77.0 Å². The monoisotopic (exact) mass is 302 g/mol. The molecule has 3 aliphatic rings. The van der Waals surface area contributed by atoms with Crippen molar-refractivity contribution in [2.24, 2.45) is 35.5 Å². The summed E-state index contributed by atoms with van der Waals surface area (Å²) in [6.07, 6.45) is 23.1. The van der Waals surface area contributed by atoms with E-state index in [2.05, 4.69) is 26.0 Å². The highest BCUT2D eigenvalue weighted by molar-refractivity contribution is 4.96. The van der Waals surface area contributed by atoms with Crippen molar-refractivity contribution in [2.45, 2.75) is 90.9 Å². The molecule has 0 heterocycles. The minimum atomic E-state index is 0.911. The fourth-order valence-electron chi connectivity index (χ4n) is 5.36. The second-order valence-electron chi connectivity index (χ2n) is 9.10. The average molecular weight is 303 g/mol. The fourth-order valence-corrected chi connectivity index (χ4v) is 5.36. The Morgan fingerprint density at radius 2 is 0.773 bits per heavy atom. The maximum absolute atomic E-state index is 2.62. The van der Waals surface area contributed by atoms with Crippen LogP contribution in [-0.4, -0.2) is 0 Å². The van der Waals surface area contributed by atoms with Crippen molar-refractivity contribution in [3.63, 3.8) is 0 Å². The second kappa shape index (κ2) is 8.02. The van der Waals surface area contributed by atoms with Crippen molar-refractivity contribution in [2.75, 3.05) is 0 Å². The van der Waals surface area contributed by atoms with E-state index in [0.717, 1.165) is 35.5 Å². The highest BCUT2D eigenvalue weighted by Crippen LogP contribution is 2.41. The highest BCUT2D eigenvalue weighted by atomic mass is 14.3. The highest BCUT2D eigenvalue weighted by Gasteiger charge is 2.29. The van der Waals surface area contributed by atoms with E-state index in [9.17, 15) is 0 Å². The van der Waals surface area contributed by atoms with E-state index in [4.69, 9.17) is 0 Å². The first kappa shape index (κ1) is 16.6. The third-order valence-corrected chi connectivity index (χ3v) is 7.26. The van der Waals surface area contributed by atoms with E-state index in [1.807, 2.05) is 0 Å². The van der Waals surface area contributed by atoms with Crippen LogP contribution in [0.4, 0.5) is 0 Å². The minimum Gasteiger partial charge on any atom is -0.0851 e. The van der Waals surface area contributed by atoms with Crippen LogP contribution in [0.5, 0.6) is 0 Å². The SMILES string of the molecule is CC1CCC(/C=C/C2CCC(C3CCC(C)CC3)CC2)CC1. The fraction of sp³-hybridized carbons (Fsp3) is 0.909. The zero-order valence-electron chi connectivity index (χ0n) is 15.1. The van der Waals surface area contributed by atoms with E-state index >= 15 is 0 Å². The number of hydrogen-bond donors (Lipinski definition) is 0. The quantitative estimate of drug-likeness (QED) is 0.492. The van der Waals surface area contributed by atoms with Gasteiger partial charge in [0.25, 0.3) is 0 Å². The molecular formula is C22H38. The molecule has 0 spiro atoms. The molecule has 22 heavy (non-hydrogen) atoms. The summed E-state index contributed by atoms with van der Waals surface area (Å²) >= 11 is 0. The lowest BCUT2D eigenvalue weighted by atomic mass is 9.69. The smallest absolute Gasteiger partial charge is 0.0233 e. The number of hydrogen-bond acceptors (Lipinski definition) is 0. The summed E-state index contributed by atoms with van der Waals surface area (Å²) in [6, 6.07) is 0. The van der Waals surface area contributed by atoms with Crippen molar-refractivity contribution in [1.29, 1.82) is 0 Å². The minimum absolute atomic E-state index is 0.911. The van der Waals surface area contributed by atoms with Crippen molar-refractivity contribution < 1.29 is 0 Å². The van der Waals surface area contributed by atoms with Crippen LogP contribution in [0, 0.1) is 35.5 Å². The van der Waals surface area contributed by atoms with Gasteiger partial charge in [0.1, 0.15) is 0 Å². The normalized spacial score (nSPS) is 44.3. The Morgan fingerprint density at radius 3 is 1.23 bits per heavy atom. The Kier molecular flexibility index (Phi) is 6.05. The Balaban J connectivity index is 1.38. The molecule has 0 aromatic rings. The van der Waals surface area contributed by atoms with Crippen LogP contribution < -0.4 is 0 Å². The third kappa shape index (κ3) is 4.62. The van der Waals surface area contributed by atoms with Gasteiger partial charge < -0.3 is 0 Å². The van der Waals surface area contributed by atoms with Crippen LogP contribution in [0.25, 0.3) is 0 Å². The Hall–Kier alpha value is -0.260. The van der Waals surface area contributed by atoms with Gasteiger partial charge in [0, 0.05) is 0 Å². The maximum Gasteiger partial charge on any atom is -0.0233 e. The largest absolute Gasteiger partial charge is 0.0851 e. The summed E-state index contributed by atoms with van der Waals surface area (Å²) in [6.45, 7) is 4.87. The first-order valence-corrected chi connectivity index (χ1v) is 10.4. The molecule has 3 fully saturated rings. The Labute approximate surface area is 139 Å². The third-order valence-electron chi connectivity index (χ3n) is 7.26. The van der Waals surface area contributed by atoms with Gasteiger partial charge in [-0.15, -0.1) is 0 Å². The van der Waals surface area contributed by atoms with Crippen LogP contribution in [0.1, 0.15) is 90.9 Å². The number of allylic oxidation sites excluding steroid dienone is 2. The standard InChI is InChI=1S/C22H38/c1-17-3-7-19(8-4-17)9-10-20-11-15-22(16-12-20)21-13-5-18(2)6-14-21/h9-10,17-22H,3-8,11-16H2,1-2H3/b10-9+. The zero-order valence-corrected chi connectivity index (χ0v) is 15.1. The van der Waals surface area contributed by atoms with Gasteiger partial charge in [-0.25, -0.2) is 0 Å². The van der Waals surface area contributed by atoms with Gasteiger partial charge in [0.15, 0.2) is 0 Å². The molecule has 0 amide bonds. The first-order valence-electron chi connectivity index (χ1n) is 10.4. The molecule has 3 saturated carbocycles. The van der Waals surface area contributed by atoms with Gasteiger partial charge in [-0.3, -0.25) is 0 Å². The van der Waals surface area contributed by atoms with Crippen molar-refractivity contribution in [3.8, 4) is 0 Å². The molecule has 3 aliphatic carbocycles. The van der Waals surface area contributed by atoms with Gasteiger partial charge in [-0.1, -0.05) is 51.7 Å². The van der Waals surface area contributed by atoms with Gasteiger partial charge in [0.2, 0.25) is 0 Å². The van der Waals surface area contributed by atoms with Crippen LogP contribution in [0.2, 0.25) is 0 Å². The Bertz CT molecular complexity index is 331. The molecule has 0 N–H and O–H groups in total. The van der Waals surface area contributed by atoms with E-state index in [1.54, 1.807) is 0 Å². The summed E-state index contributed by atoms with van der Waals surface area (Å²) in [5, 5.41) is 0. The topological polar surface area (TPSA) is 0 Å². The molecule has 0 aromatic carbocycles. The summed E-state index contributed by atoms with van der Waals surface area (Å²) < 4.78 is 0. The lowest BCUT2D eigenvalue weighted by molar-refractivity contribution is 0.160. The lowest BCUT2D eigenvalue weighted by Crippen LogP contribution is -2.24. The first-order chi connectivity index (χ1) is 10.7.